The lowest BCUT2D eigenvalue weighted by atomic mass is 9.71. The second-order valence-electron chi connectivity index (χ2n) is 8.05. The highest BCUT2D eigenvalue weighted by Gasteiger charge is 2.51. The fourth-order valence-electron chi connectivity index (χ4n) is 4.55. The highest BCUT2D eigenvalue weighted by Crippen LogP contribution is 2.54. The van der Waals surface area contributed by atoms with E-state index in [0.29, 0.717) is 5.57 Å². The second-order valence-corrected chi connectivity index (χ2v) is 8.05. The summed E-state index contributed by atoms with van der Waals surface area (Å²) in [5, 5.41) is 0. The molecule has 0 saturated heterocycles. The molecule has 1 aliphatic heterocycles. The largest absolute Gasteiger partial charge is 0.476 e. The van der Waals surface area contributed by atoms with E-state index in [1.807, 2.05) is 85.0 Å². The predicted octanol–water partition coefficient (Wildman–Crippen LogP) is 6.32. The number of carbonyl (C=O) groups excluding carboxylic acids is 1. The Morgan fingerprint density at radius 3 is 2.21 bits per heavy atom. The zero-order valence-corrected chi connectivity index (χ0v) is 18.3. The van der Waals surface area contributed by atoms with Gasteiger partial charge in [-0.15, -0.1) is 0 Å². The lowest BCUT2D eigenvalue weighted by molar-refractivity contribution is -0.136. The number of esters is 1. The minimum atomic E-state index is -0.879. The molecule has 3 nitrogen and oxygen atoms in total. The summed E-state index contributed by atoms with van der Waals surface area (Å²) in [4.78, 5) is 12.8. The average Bonchev–Trinajstić information content (AvgIpc) is 3.31. The molecule has 0 fully saturated rings. The maximum absolute atomic E-state index is 12.8. The van der Waals surface area contributed by atoms with Crippen molar-refractivity contribution in [1.82, 2.24) is 0 Å². The molecule has 1 heterocycles. The summed E-state index contributed by atoms with van der Waals surface area (Å²) in [6, 6.07) is 30.2. The van der Waals surface area contributed by atoms with Crippen LogP contribution in [0.25, 0.3) is 11.8 Å². The van der Waals surface area contributed by atoms with Crippen LogP contribution in [0.4, 0.5) is 0 Å². The molecule has 33 heavy (non-hydrogen) atoms. The normalized spacial score (nSPS) is 21.5. The molecule has 0 unspecified atom stereocenters. The Kier molecular flexibility index (Phi) is 5.54. The van der Waals surface area contributed by atoms with Gasteiger partial charge in [0, 0.05) is 22.6 Å². The topological polar surface area (TPSA) is 35.5 Å². The molecule has 0 bridgehead atoms. The molecule has 3 aromatic rings. The van der Waals surface area contributed by atoms with Crippen LogP contribution < -0.4 is 0 Å². The third-order valence-electron chi connectivity index (χ3n) is 6.14. The second kappa shape index (κ2) is 8.79. The molecule has 0 radical (unpaired) electrons. The van der Waals surface area contributed by atoms with Crippen LogP contribution in [0.3, 0.4) is 0 Å². The maximum atomic E-state index is 12.8. The van der Waals surface area contributed by atoms with Gasteiger partial charge in [0.1, 0.15) is 5.76 Å². The van der Waals surface area contributed by atoms with Gasteiger partial charge >= 0.3 is 5.97 Å². The van der Waals surface area contributed by atoms with Crippen molar-refractivity contribution in [3.63, 3.8) is 0 Å². The van der Waals surface area contributed by atoms with Gasteiger partial charge in [0.15, 0.2) is 5.60 Å². The molecule has 3 heteroatoms. The van der Waals surface area contributed by atoms with Gasteiger partial charge in [-0.2, -0.15) is 0 Å². The molecule has 2 atom stereocenters. The Bertz CT molecular complexity index is 1270. The van der Waals surface area contributed by atoms with Gasteiger partial charge in [-0.05, 0) is 11.6 Å². The molecule has 0 aromatic heterocycles. The Morgan fingerprint density at radius 1 is 0.909 bits per heavy atom. The van der Waals surface area contributed by atoms with Crippen LogP contribution in [0.1, 0.15) is 16.7 Å². The number of hydrogen-bond acceptors (Lipinski definition) is 3. The number of methoxy groups -OCH3 is 1. The third kappa shape index (κ3) is 3.72. The van der Waals surface area contributed by atoms with Crippen LogP contribution in [0, 0.1) is 5.92 Å². The van der Waals surface area contributed by atoms with Crippen molar-refractivity contribution in [1.29, 1.82) is 0 Å². The van der Waals surface area contributed by atoms with Gasteiger partial charge in [0.05, 0.1) is 12.7 Å². The first-order valence-corrected chi connectivity index (χ1v) is 11.0. The maximum Gasteiger partial charge on any atom is 0.338 e. The van der Waals surface area contributed by atoms with E-state index in [9.17, 15) is 4.79 Å². The molecule has 0 amide bonds. The fourth-order valence-corrected chi connectivity index (χ4v) is 4.55. The van der Waals surface area contributed by atoms with E-state index >= 15 is 0 Å². The van der Waals surface area contributed by atoms with E-state index in [4.69, 9.17) is 9.47 Å². The predicted molar refractivity (Wildman–Crippen MR) is 131 cm³/mol. The van der Waals surface area contributed by atoms with Gasteiger partial charge in [0.2, 0.25) is 0 Å². The van der Waals surface area contributed by atoms with Crippen LogP contribution >= 0.6 is 0 Å². The number of fused-ring (bicyclic) bond motifs is 1. The van der Waals surface area contributed by atoms with Crippen molar-refractivity contribution in [3.8, 4) is 0 Å². The summed E-state index contributed by atoms with van der Waals surface area (Å²) in [6.45, 7) is 0. The zero-order valence-electron chi connectivity index (χ0n) is 18.3. The molecule has 162 valence electrons. The van der Waals surface area contributed by atoms with Crippen LogP contribution in [-0.2, 0) is 19.9 Å². The molecule has 3 aromatic carbocycles. The van der Waals surface area contributed by atoms with Crippen molar-refractivity contribution in [2.75, 3.05) is 7.11 Å². The van der Waals surface area contributed by atoms with E-state index in [-0.39, 0.29) is 11.9 Å². The summed E-state index contributed by atoms with van der Waals surface area (Å²) in [7, 11) is 1.41. The van der Waals surface area contributed by atoms with Crippen LogP contribution in [0.5, 0.6) is 0 Å². The summed E-state index contributed by atoms with van der Waals surface area (Å²) in [6.07, 6.45) is 10.1. The first-order valence-electron chi connectivity index (χ1n) is 11.0. The zero-order chi connectivity index (χ0) is 22.7. The lowest BCUT2D eigenvalue weighted by Gasteiger charge is -2.39. The van der Waals surface area contributed by atoms with Crippen molar-refractivity contribution >= 4 is 17.8 Å². The SMILES string of the molecule is COC(=O)C1=C2C=C(c3ccccc3)O[C@@]2(c2ccccc2)[C@@H](/C=C/c2ccccc2)C=C1. The van der Waals surface area contributed by atoms with Gasteiger partial charge in [-0.3, -0.25) is 0 Å². The van der Waals surface area contributed by atoms with Crippen molar-refractivity contribution < 1.29 is 14.3 Å². The van der Waals surface area contributed by atoms with Gasteiger partial charge in [-0.25, -0.2) is 4.79 Å². The van der Waals surface area contributed by atoms with Crippen LogP contribution in [-0.4, -0.2) is 13.1 Å². The summed E-state index contributed by atoms with van der Waals surface area (Å²) in [5.74, 6) is 0.222. The van der Waals surface area contributed by atoms with E-state index in [0.717, 1.165) is 28.0 Å². The summed E-state index contributed by atoms with van der Waals surface area (Å²) in [5.41, 5.74) is 3.49. The lowest BCUT2D eigenvalue weighted by Crippen LogP contribution is -2.38. The highest BCUT2D eigenvalue weighted by molar-refractivity contribution is 5.95. The minimum absolute atomic E-state index is 0.138. The molecular weight excluding hydrogens is 408 g/mol. The minimum Gasteiger partial charge on any atom is -0.476 e. The van der Waals surface area contributed by atoms with E-state index in [2.05, 4.69) is 36.4 Å². The van der Waals surface area contributed by atoms with Gasteiger partial charge in [0.25, 0.3) is 0 Å². The van der Waals surface area contributed by atoms with Crippen molar-refractivity contribution in [2.24, 2.45) is 5.92 Å². The Morgan fingerprint density at radius 2 is 1.55 bits per heavy atom. The number of benzene rings is 3. The quantitative estimate of drug-likeness (QED) is 0.443. The first kappa shape index (κ1) is 20.8. The van der Waals surface area contributed by atoms with Crippen LogP contribution in [0.2, 0.25) is 0 Å². The Labute approximate surface area is 194 Å². The Hall–Kier alpha value is -4.11. The van der Waals surface area contributed by atoms with E-state index in [1.54, 1.807) is 0 Å². The molecule has 0 spiro atoms. The smallest absolute Gasteiger partial charge is 0.338 e. The summed E-state index contributed by atoms with van der Waals surface area (Å²) >= 11 is 0. The number of ether oxygens (including phenoxy) is 2. The molecule has 5 rings (SSSR count). The fraction of sp³-hybridized carbons (Fsp3) is 0.100. The molecular formula is C30H24O3. The average molecular weight is 433 g/mol. The third-order valence-corrected chi connectivity index (χ3v) is 6.14. The number of rotatable bonds is 5. The van der Waals surface area contributed by atoms with Gasteiger partial charge in [-0.1, -0.05) is 115 Å². The Balaban J connectivity index is 1.70. The molecule has 0 saturated carbocycles. The number of carbonyl (C=O) groups is 1. The first-order chi connectivity index (χ1) is 16.2. The standard InChI is InChI=1S/C30H24O3/c1-32-29(31)26-20-19-25(18-17-22-11-5-2-6-12-22)30(24-15-9-4-10-16-24)27(26)21-28(33-30)23-13-7-3-8-14-23/h2-21,25H,1H3/b18-17+/t25-,30-/m0/s1. The summed E-state index contributed by atoms with van der Waals surface area (Å²) < 4.78 is 12.0. The van der Waals surface area contributed by atoms with Gasteiger partial charge < -0.3 is 9.47 Å². The van der Waals surface area contributed by atoms with Crippen LogP contribution in [0.15, 0.2) is 126 Å². The van der Waals surface area contributed by atoms with Crippen molar-refractivity contribution in [3.05, 3.63) is 143 Å². The van der Waals surface area contributed by atoms with E-state index in [1.165, 1.54) is 7.11 Å². The molecule has 2 aliphatic rings. The monoisotopic (exact) mass is 432 g/mol. The van der Waals surface area contributed by atoms with Crippen molar-refractivity contribution in [2.45, 2.75) is 5.60 Å². The van der Waals surface area contributed by atoms with E-state index < -0.39 is 5.60 Å². The molecule has 0 N–H and O–H groups in total. The highest BCUT2D eigenvalue weighted by atomic mass is 16.5. The number of hydrogen-bond donors (Lipinski definition) is 0. The molecule has 1 aliphatic carbocycles.